The Morgan fingerprint density at radius 3 is 2.87 bits per heavy atom. The zero-order valence-electron chi connectivity index (χ0n) is 12.2. The van der Waals surface area contributed by atoms with E-state index < -0.39 is 0 Å². The molecule has 0 saturated heterocycles. The van der Waals surface area contributed by atoms with Crippen LogP contribution in [0.1, 0.15) is 0 Å². The van der Waals surface area contributed by atoms with E-state index in [9.17, 15) is 4.79 Å². The molecule has 0 aliphatic rings. The molecule has 2 heterocycles. The lowest BCUT2D eigenvalue weighted by Gasteiger charge is -2.07. The van der Waals surface area contributed by atoms with E-state index >= 15 is 0 Å². The van der Waals surface area contributed by atoms with Crippen LogP contribution in [0.3, 0.4) is 0 Å². The van der Waals surface area contributed by atoms with Crippen LogP contribution in [0, 0.1) is 11.3 Å². The van der Waals surface area contributed by atoms with Gasteiger partial charge in [0.25, 0.3) is 5.56 Å². The highest BCUT2D eigenvalue weighted by molar-refractivity contribution is 7.99. The van der Waals surface area contributed by atoms with Gasteiger partial charge in [-0.25, -0.2) is 4.98 Å². The van der Waals surface area contributed by atoms with Gasteiger partial charge in [-0.1, -0.05) is 48.2 Å². The first-order chi connectivity index (χ1) is 11.2. The number of nitrogens with zero attached hydrogens (tertiary/aromatic N) is 3. The maximum Gasteiger partial charge on any atom is 0.263 e. The monoisotopic (exact) mass is 339 g/mol. The normalized spacial score (nSPS) is 10.6. The Labute approximate surface area is 141 Å². The lowest BCUT2D eigenvalue weighted by Crippen LogP contribution is -2.22. The largest absolute Gasteiger partial charge is 0.283 e. The van der Waals surface area contributed by atoms with E-state index in [2.05, 4.69) is 17.6 Å². The number of thioether (sulfide) groups is 1. The number of rotatable bonds is 5. The van der Waals surface area contributed by atoms with E-state index in [1.807, 2.05) is 36.4 Å². The molecule has 0 saturated carbocycles. The lowest BCUT2D eigenvalue weighted by molar-refractivity contribution is 0.673. The zero-order valence-corrected chi connectivity index (χ0v) is 13.9. The van der Waals surface area contributed by atoms with Crippen molar-refractivity contribution >= 4 is 33.3 Å². The van der Waals surface area contributed by atoms with Gasteiger partial charge in [0.1, 0.15) is 4.83 Å². The molecule has 0 N–H and O–H groups in total. The van der Waals surface area contributed by atoms with Crippen molar-refractivity contribution in [1.29, 1.82) is 5.26 Å². The number of benzene rings is 1. The number of hydrogen-bond acceptors (Lipinski definition) is 5. The minimum absolute atomic E-state index is 0.0891. The molecular weight excluding hydrogens is 326 g/mol. The molecule has 1 aromatic carbocycles. The molecule has 0 aliphatic carbocycles. The standard InChI is InChI=1S/C17H13N3OS2/c1-2-9-20-16(21)13-11-14(12-6-4-3-5-7-12)23-15(13)19-17(20)22-10-8-18/h2-7,11H,1,9-10H2. The van der Waals surface area contributed by atoms with Crippen LogP contribution in [0.25, 0.3) is 20.7 Å². The van der Waals surface area contributed by atoms with Crippen molar-refractivity contribution in [3.8, 4) is 16.5 Å². The molecule has 2 aromatic heterocycles. The van der Waals surface area contributed by atoms with Gasteiger partial charge in [-0.05, 0) is 11.6 Å². The van der Waals surface area contributed by atoms with E-state index in [1.54, 1.807) is 10.6 Å². The maximum atomic E-state index is 12.7. The van der Waals surface area contributed by atoms with Crippen molar-refractivity contribution in [3.63, 3.8) is 0 Å². The summed E-state index contributed by atoms with van der Waals surface area (Å²) in [4.78, 5) is 19.0. The van der Waals surface area contributed by atoms with Gasteiger partial charge in [-0.2, -0.15) is 5.26 Å². The number of aromatic nitrogens is 2. The first kappa shape index (κ1) is 15.5. The first-order valence-electron chi connectivity index (χ1n) is 6.95. The van der Waals surface area contributed by atoms with Crippen LogP contribution in [0.5, 0.6) is 0 Å². The molecule has 0 spiro atoms. The van der Waals surface area contributed by atoms with Gasteiger partial charge in [-0.15, -0.1) is 17.9 Å². The summed E-state index contributed by atoms with van der Waals surface area (Å²) in [5, 5.41) is 9.95. The third kappa shape index (κ3) is 3.07. The molecule has 0 bridgehead atoms. The number of fused-ring (bicyclic) bond motifs is 1. The molecule has 3 rings (SSSR count). The van der Waals surface area contributed by atoms with Crippen LogP contribution in [0.4, 0.5) is 0 Å². The van der Waals surface area contributed by atoms with Crippen molar-refractivity contribution in [2.24, 2.45) is 0 Å². The number of hydrogen-bond donors (Lipinski definition) is 0. The summed E-state index contributed by atoms with van der Waals surface area (Å²) in [6, 6.07) is 13.9. The van der Waals surface area contributed by atoms with Crippen LogP contribution in [-0.4, -0.2) is 15.3 Å². The molecule has 6 heteroatoms. The summed E-state index contributed by atoms with van der Waals surface area (Å²) in [6.45, 7) is 4.07. The van der Waals surface area contributed by atoms with Crippen LogP contribution in [-0.2, 0) is 6.54 Å². The van der Waals surface area contributed by atoms with Gasteiger partial charge in [0.2, 0.25) is 0 Å². The fraction of sp³-hybridized carbons (Fsp3) is 0.118. The second-order valence-corrected chi connectivity index (χ2v) is 6.71. The van der Waals surface area contributed by atoms with E-state index in [-0.39, 0.29) is 11.3 Å². The molecule has 114 valence electrons. The Bertz CT molecular complexity index is 952. The summed E-state index contributed by atoms with van der Waals surface area (Å²) in [6.07, 6.45) is 1.66. The van der Waals surface area contributed by atoms with Gasteiger partial charge in [0, 0.05) is 11.4 Å². The molecule has 0 aliphatic heterocycles. The molecule has 3 aromatic rings. The highest BCUT2D eigenvalue weighted by Gasteiger charge is 2.14. The summed E-state index contributed by atoms with van der Waals surface area (Å²) in [5.74, 6) is 0.256. The Morgan fingerprint density at radius 2 is 2.17 bits per heavy atom. The highest BCUT2D eigenvalue weighted by Crippen LogP contribution is 2.32. The van der Waals surface area contributed by atoms with Crippen molar-refractivity contribution in [2.75, 3.05) is 5.75 Å². The SMILES string of the molecule is C=CCn1c(SCC#N)nc2sc(-c3ccccc3)cc2c1=O. The van der Waals surface area contributed by atoms with Crippen molar-refractivity contribution in [3.05, 3.63) is 59.4 Å². The van der Waals surface area contributed by atoms with Gasteiger partial charge in [-0.3, -0.25) is 9.36 Å². The van der Waals surface area contributed by atoms with Crippen molar-refractivity contribution in [1.82, 2.24) is 9.55 Å². The number of thiophene rings is 1. The van der Waals surface area contributed by atoms with Gasteiger partial charge >= 0.3 is 0 Å². The molecular formula is C17H13N3OS2. The maximum absolute atomic E-state index is 12.7. The van der Waals surface area contributed by atoms with Gasteiger partial charge in [0.15, 0.2) is 5.16 Å². The highest BCUT2D eigenvalue weighted by atomic mass is 32.2. The number of allylic oxidation sites excluding steroid dienone is 1. The van der Waals surface area contributed by atoms with E-state index in [4.69, 9.17) is 5.26 Å². The third-order valence-electron chi connectivity index (χ3n) is 3.25. The average Bonchev–Trinajstić information content (AvgIpc) is 3.01. The van der Waals surface area contributed by atoms with E-state index in [0.717, 1.165) is 10.4 Å². The molecule has 23 heavy (non-hydrogen) atoms. The predicted molar refractivity (Wildman–Crippen MR) is 95.9 cm³/mol. The second kappa shape index (κ2) is 6.82. The Balaban J connectivity index is 2.18. The zero-order chi connectivity index (χ0) is 16.2. The fourth-order valence-corrected chi connectivity index (χ4v) is 3.99. The predicted octanol–water partition coefficient (Wildman–Crippen LogP) is 3.93. The van der Waals surface area contributed by atoms with Gasteiger partial charge < -0.3 is 0 Å². The molecule has 0 fully saturated rings. The average molecular weight is 339 g/mol. The van der Waals surface area contributed by atoms with E-state index in [1.165, 1.54) is 23.1 Å². The van der Waals surface area contributed by atoms with Crippen molar-refractivity contribution < 1.29 is 0 Å². The molecule has 4 nitrogen and oxygen atoms in total. The molecule has 0 unspecified atom stereocenters. The van der Waals surface area contributed by atoms with Crippen molar-refractivity contribution in [2.45, 2.75) is 11.7 Å². The minimum atomic E-state index is -0.0891. The molecule has 0 radical (unpaired) electrons. The molecule has 0 atom stereocenters. The summed E-state index contributed by atoms with van der Waals surface area (Å²) in [5.41, 5.74) is 0.977. The fourth-order valence-electron chi connectivity index (χ4n) is 2.24. The second-order valence-electron chi connectivity index (χ2n) is 4.74. The minimum Gasteiger partial charge on any atom is -0.283 e. The number of nitriles is 1. The summed E-state index contributed by atoms with van der Waals surface area (Å²) < 4.78 is 1.57. The van der Waals surface area contributed by atoms with Crippen LogP contribution in [0.2, 0.25) is 0 Å². The topological polar surface area (TPSA) is 58.7 Å². The van der Waals surface area contributed by atoms with E-state index in [0.29, 0.717) is 21.9 Å². The smallest absolute Gasteiger partial charge is 0.263 e. The Kier molecular flexibility index (Phi) is 4.60. The van der Waals surface area contributed by atoms with Gasteiger partial charge in [0.05, 0.1) is 17.2 Å². The quantitative estimate of drug-likeness (QED) is 0.401. The van der Waals surface area contributed by atoms with Crippen LogP contribution in [0.15, 0.2) is 59.0 Å². The summed E-state index contributed by atoms with van der Waals surface area (Å²) >= 11 is 2.76. The Hall–Kier alpha value is -2.36. The molecule has 0 amide bonds. The lowest BCUT2D eigenvalue weighted by atomic mass is 10.2. The first-order valence-corrected chi connectivity index (χ1v) is 8.75. The van der Waals surface area contributed by atoms with Crippen LogP contribution >= 0.6 is 23.1 Å². The Morgan fingerprint density at radius 1 is 1.39 bits per heavy atom. The third-order valence-corrected chi connectivity index (χ3v) is 5.17. The van der Waals surface area contributed by atoms with Crippen LogP contribution < -0.4 is 5.56 Å². The summed E-state index contributed by atoms with van der Waals surface area (Å²) in [7, 11) is 0.